The molecule has 0 aliphatic heterocycles. The van der Waals surface area contributed by atoms with Gasteiger partial charge in [-0.2, -0.15) is 0 Å². The van der Waals surface area contributed by atoms with Crippen molar-refractivity contribution in [3.63, 3.8) is 0 Å². The van der Waals surface area contributed by atoms with Crippen molar-refractivity contribution in [3.8, 4) is 0 Å². The highest BCUT2D eigenvalue weighted by molar-refractivity contribution is 7.88. The fraction of sp³-hybridized carbons (Fsp3) is 0.409. The van der Waals surface area contributed by atoms with Crippen LogP contribution in [0.1, 0.15) is 37.5 Å². The van der Waals surface area contributed by atoms with E-state index in [0.717, 1.165) is 16.7 Å². The Kier molecular flexibility index (Phi) is 9.26. The van der Waals surface area contributed by atoms with Crippen molar-refractivity contribution in [1.29, 1.82) is 0 Å². The first-order valence-electron chi connectivity index (χ1n) is 10.1. The van der Waals surface area contributed by atoms with Gasteiger partial charge in [0.2, 0.25) is 10.0 Å². The number of guanidine groups is 1. The molecule has 0 atom stereocenters. The largest absolute Gasteiger partial charge is 0.357 e. The first-order chi connectivity index (χ1) is 14.3. The molecular weight excluding hydrogens is 403 g/mol. The maximum atomic E-state index is 13.3. The zero-order chi connectivity index (χ0) is 22.0. The van der Waals surface area contributed by atoms with Gasteiger partial charge in [0.1, 0.15) is 5.82 Å². The van der Waals surface area contributed by atoms with Crippen LogP contribution in [0.25, 0.3) is 0 Å². The Morgan fingerprint density at radius 1 is 1.07 bits per heavy atom. The molecule has 0 unspecified atom stereocenters. The monoisotopic (exact) mass is 434 g/mol. The molecule has 30 heavy (non-hydrogen) atoms. The van der Waals surface area contributed by atoms with E-state index in [0.29, 0.717) is 32.0 Å². The first kappa shape index (κ1) is 23.8. The summed E-state index contributed by atoms with van der Waals surface area (Å²) in [4.78, 5) is 4.59. The van der Waals surface area contributed by atoms with Crippen molar-refractivity contribution in [2.75, 3.05) is 13.1 Å². The van der Waals surface area contributed by atoms with Gasteiger partial charge in [0.15, 0.2) is 5.96 Å². The van der Waals surface area contributed by atoms with E-state index in [1.165, 1.54) is 12.1 Å². The molecule has 2 rings (SSSR count). The van der Waals surface area contributed by atoms with Crippen molar-refractivity contribution in [2.45, 2.75) is 45.5 Å². The number of nitrogens with one attached hydrogen (secondary N) is 3. The van der Waals surface area contributed by atoms with Crippen LogP contribution in [0.5, 0.6) is 0 Å². The summed E-state index contributed by atoms with van der Waals surface area (Å²) in [5.41, 5.74) is 2.49. The quantitative estimate of drug-likeness (QED) is 0.397. The number of rotatable bonds is 10. The minimum absolute atomic E-state index is 0.0829. The maximum Gasteiger partial charge on any atom is 0.216 e. The molecule has 2 aromatic rings. The summed E-state index contributed by atoms with van der Waals surface area (Å²) >= 11 is 0. The van der Waals surface area contributed by atoms with Crippen LogP contribution in [0.2, 0.25) is 0 Å². The molecule has 8 heteroatoms. The molecule has 0 fully saturated rings. The summed E-state index contributed by atoms with van der Waals surface area (Å²) in [5.74, 6) is 0.305. The molecule has 6 nitrogen and oxygen atoms in total. The van der Waals surface area contributed by atoms with Crippen molar-refractivity contribution >= 4 is 16.0 Å². The summed E-state index contributed by atoms with van der Waals surface area (Å²) in [6.07, 6.45) is 0.665. The summed E-state index contributed by atoms with van der Waals surface area (Å²) in [7, 11) is -3.41. The second-order valence-electron chi connectivity index (χ2n) is 7.30. The smallest absolute Gasteiger partial charge is 0.216 e. The van der Waals surface area contributed by atoms with Crippen molar-refractivity contribution in [2.24, 2.45) is 4.99 Å². The Labute approximate surface area is 179 Å². The highest BCUT2D eigenvalue weighted by atomic mass is 32.2. The van der Waals surface area contributed by atoms with Gasteiger partial charge in [-0.05, 0) is 56.0 Å². The zero-order valence-electron chi connectivity index (χ0n) is 17.8. The summed E-state index contributed by atoms with van der Waals surface area (Å²) in [5, 5.41) is 6.42. The number of halogens is 1. The number of hydrogen-bond donors (Lipinski definition) is 3. The predicted octanol–water partition coefficient (Wildman–Crippen LogP) is 2.95. The Balaban J connectivity index is 2.03. The minimum atomic E-state index is -3.41. The molecule has 0 aliphatic carbocycles. The highest BCUT2D eigenvalue weighted by Gasteiger charge is 2.15. The highest BCUT2D eigenvalue weighted by Crippen LogP contribution is 2.14. The second kappa shape index (κ2) is 11.7. The van der Waals surface area contributed by atoms with E-state index in [9.17, 15) is 12.8 Å². The first-order valence-corrected chi connectivity index (χ1v) is 11.8. The third-order valence-electron chi connectivity index (χ3n) is 4.23. The SMILES string of the molecule is CCNC(=NCc1ccccc1CS(=O)(=O)NC(C)C)NCCc1cccc(F)c1. The lowest BCUT2D eigenvalue weighted by atomic mass is 10.1. The van der Waals surface area contributed by atoms with Crippen molar-refractivity contribution in [1.82, 2.24) is 15.4 Å². The van der Waals surface area contributed by atoms with E-state index in [4.69, 9.17) is 0 Å². The normalized spacial score (nSPS) is 12.2. The van der Waals surface area contributed by atoms with Gasteiger partial charge >= 0.3 is 0 Å². The standard InChI is InChI=1S/C22H31FN4O2S/c1-4-24-22(25-13-12-18-8-7-11-21(23)14-18)26-15-19-9-5-6-10-20(19)16-30(28,29)27-17(2)3/h5-11,14,17,27H,4,12-13,15-16H2,1-3H3,(H2,24,25,26). The average Bonchev–Trinajstić information content (AvgIpc) is 2.66. The fourth-order valence-corrected chi connectivity index (χ4v) is 4.47. The summed E-state index contributed by atoms with van der Waals surface area (Å²) < 4.78 is 40.5. The molecule has 2 aromatic carbocycles. The molecule has 3 N–H and O–H groups in total. The molecular formula is C22H31FN4O2S. The van der Waals surface area contributed by atoms with E-state index in [-0.39, 0.29) is 17.6 Å². The average molecular weight is 435 g/mol. The third kappa shape index (κ3) is 8.51. The van der Waals surface area contributed by atoms with Gasteiger partial charge in [-0.25, -0.2) is 22.5 Å². The van der Waals surface area contributed by atoms with Crippen LogP contribution in [0.3, 0.4) is 0 Å². The van der Waals surface area contributed by atoms with Crippen LogP contribution in [0.4, 0.5) is 4.39 Å². The van der Waals surface area contributed by atoms with E-state index in [1.807, 2.05) is 37.3 Å². The lowest BCUT2D eigenvalue weighted by molar-refractivity contribution is 0.569. The van der Waals surface area contributed by atoms with Crippen LogP contribution < -0.4 is 15.4 Å². The van der Waals surface area contributed by atoms with Crippen LogP contribution in [0.15, 0.2) is 53.5 Å². The van der Waals surface area contributed by atoms with Gasteiger partial charge in [0.05, 0.1) is 12.3 Å². The van der Waals surface area contributed by atoms with Gasteiger partial charge < -0.3 is 10.6 Å². The van der Waals surface area contributed by atoms with E-state index < -0.39 is 10.0 Å². The topological polar surface area (TPSA) is 82.6 Å². The van der Waals surface area contributed by atoms with E-state index in [1.54, 1.807) is 19.9 Å². The summed E-state index contributed by atoms with van der Waals surface area (Å²) in [6, 6.07) is 13.8. The van der Waals surface area contributed by atoms with E-state index in [2.05, 4.69) is 20.3 Å². The lowest BCUT2D eigenvalue weighted by Gasteiger charge is -2.14. The van der Waals surface area contributed by atoms with Crippen LogP contribution >= 0.6 is 0 Å². The Morgan fingerprint density at radius 2 is 1.80 bits per heavy atom. The molecule has 0 saturated heterocycles. The number of hydrogen-bond acceptors (Lipinski definition) is 3. The van der Waals surface area contributed by atoms with Gasteiger partial charge in [0, 0.05) is 19.1 Å². The predicted molar refractivity (Wildman–Crippen MR) is 120 cm³/mol. The Bertz CT molecular complexity index is 946. The number of benzene rings is 2. The zero-order valence-corrected chi connectivity index (χ0v) is 18.6. The lowest BCUT2D eigenvalue weighted by Crippen LogP contribution is -2.38. The number of aliphatic imine (C=N–C) groups is 1. The van der Waals surface area contributed by atoms with Crippen LogP contribution in [-0.4, -0.2) is 33.5 Å². The van der Waals surface area contributed by atoms with E-state index >= 15 is 0 Å². The van der Waals surface area contributed by atoms with Gasteiger partial charge in [-0.1, -0.05) is 36.4 Å². The fourth-order valence-electron chi connectivity index (χ4n) is 2.98. The Morgan fingerprint density at radius 3 is 2.47 bits per heavy atom. The Hall–Kier alpha value is -2.45. The minimum Gasteiger partial charge on any atom is -0.357 e. The maximum absolute atomic E-state index is 13.3. The molecule has 0 bridgehead atoms. The number of sulfonamides is 1. The van der Waals surface area contributed by atoms with Gasteiger partial charge in [-0.3, -0.25) is 0 Å². The van der Waals surface area contributed by atoms with Crippen molar-refractivity contribution < 1.29 is 12.8 Å². The molecule has 0 aromatic heterocycles. The number of nitrogens with zero attached hydrogens (tertiary/aromatic N) is 1. The molecule has 0 amide bonds. The van der Waals surface area contributed by atoms with Crippen molar-refractivity contribution in [3.05, 3.63) is 71.0 Å². The third-order valence-corrected chi connectivity index (χ3v) is 5.75. The van der Waals surface area contributed by atoms with Crippen LogP contribution in [-0.2, 0) is 28.7 Å². The second-order valence-corrected chi connectivity index (χ2v) is 9.06. The molecule has 164 valence electrons. The van der Waals surface area contributed by atoms with Gasteiger partial charge in [-0.15, -0.1) is 0 Å². The molecule has 0 aliphatic rings. The summed E-state index contributed by atoms with van der Waals surface area (Å²) in [6.45, 7) is 7.21. The molecule has 0 saturated carbocycles. The molecule has 0 radical (unpaired) electrons. The van der Waals surface area contributed by atoms with Crippen LogP contribution in [0, 0.1) is 5.82 Å². The molecule has 0 spiro atoms. The van der Waals surface area contributed by atoms with Gasteiger partial charge in [0.25, 0.3) is 0 Å². The molecule has 0 heterocycles.